The fourth-order valence-electron chi connectivity index (χ4n) is 20.0. The van der Waals surface area contributed by atoms with Crippen molar-refractivity contribution in [1.29, 1.82) is 0 Å². The minimum Gasteiger partial charge on any atom is -0.265 e. The number of hydrogen-bond donors (Lipinski definition) is 0. The summed E-state index contributed by atoms with van der Waals surface area (Å²) in [6.07, 6.45) is 9.36. The SMILES string of the molecule is CC(C)(C)c1cc2ccc3c(-c4ccc(-c5ccccc5)cc4)cc(-c4ccc(-c5cccnc5)cc4)c4ccc(c1)c2c34.CC(C)(C)c1cc2ccc3c(-c4ccc(-c5ccccc5)cc4)cc(-c4ccc(-c5ccncc5)cc4)c4ccc(c1)c2c34.CC(C)(C)c1cc2ccc3c(-c4ccccc4)cc(-c4ccc(-c5nccc6ccccc56)cc4)c4ccc(c1)c2c34. The van der Waals surface area contributed by atoms with E-state index in [9.17, 15) is 0 Å². The monoisotopic (exact) mass is 1660 g/mol. The fraction of sp³-hybridized carbons (Fsp3) is 0.0945. The molecule has 24 rings (SSSR count). The van der Waals surface area contributed by atoms with E-state index in [0.717, 1.165) is 16.8 Å². The van der Waals surface area contributed by atoms with Crippen LogP contribution in [-0.4, -0.2) is 15.0 Å². The molecule has 0 saturated carbocycles. The van der Waals surface area contributed by atoms with Gasteiger partial charge in [-0.2, -0.15) is 0 Å². The maximum atomic E-state index is 4.76. The normalized spacial score (nSPS) is 12.0. The molecule has 0 N–H and O–H groups in total. The van der Waals surface area contributed by atoms with Crippen molar-refractivity contribution in [3.8, 4) is 123 Å². The van der Waals surface area contributed by atoms with Gasteiger partial charge in [0.15, 0.2) is 0 Å². The quantitative estimate of drug-likeness (QED) is 0.121. The summed E-state index contributed by atoms with van der Waals surface area (Å²) < 4.78 is 0. The van der Waals surface area contributed by atoms with E-state index in [0.29, 0.717) is 0 Å². The van der Waals surface area contributed by atoms with Crippen molar-refractivity contribution < 1.29 is 0 Å². The average molecular weight is 1670 g/mol. The molecular weight excluding hydrogens is 1570 g/mol. The van der Waals surface area contributed by atoms with Crippen molar-refractivity contribution in [3.63, 3.8) is 0 Å². The molecule has 24 aromatic rings. The van der Waals surface area contributed by atoms with E-state index in [2.05, 4.69) is 461 Å². The second-order valence-electron chi connectivity index (χ2n) is 38.2. The van der Waals surface area contributed by atoms with Crippen molar-refractivity contribution >= 4 is 108 Å². The molecule has 0 fully saturated rings. The molecule has 620 valence electrons. The summed E-state index contributed by atoms with van der Waals surface area (Å²) >= 11 is 0. The molecule has 0 amide bonds. The fourth-order valence-corrected chi connectivity index (χ4v) is 20.0. The van der Waals surface area contributed by atoms with E-state index >= 15 is 0 Å². The summed E-state index contributed by atoms with van der Waals surface area (Å²) in [5.41, 5.74) is 31.0. The van der Waals surface area contributed by atoms with Crippen LogP contribution in [0.3, 0.4) is 0 Å². The van der Waals surface area contributed by atoms with Crippen LogP contribution in [0, 0.1) is 0 Å². The Balaban J connectivity index is 0.000000114. The summed E-state index contributed by atoms with van der Waals surface area (Å²) in [5.74, 6) is 0. The minimum absolute atomic E-state index is 0.0806. The lowest BCUT2D eigenvalue weighted by atomic mass is 9.81. The lowest BCUT2D eigenvalue weighted by Gasteiger charge is -2.23. The van der Waals surface area contributed by atoms with E-state index in [1.165, 1.54) is 230 Å². The summed E-state index contributed by atoms with van der Waals surface area (Å²) in [7, 11) is 0. The van der Waals surface area contributed by atoms with Crippen molar-refractivity contribution in [2.45, 2.75) is 78.6 Å². The number of rotatable bonds is 11. The first-order chi connectivity index (χ1) is 63.3. The van der Waals surface area contributed by atoms with Crippen LogP contribution in [0.5, 0.6) is 0 Å². The number of hydrogen-bond acceptors (Lipinski definition) is 3. The van der Waals surface area contributed by atoms with Gasteiger partial charge in [-0.3, -0.25) is 15.0 Å². The molecule has 130 heavy (non-hydrogen) atoms. The Kier molecular flexibility index (Phi) is 20.0. The zero-order valence-electron chi connectivity index (χ0n) is 74.8. The van der Waals surface area contributed by atoms with Crippen LogP contribution in [0.1, 0.15) is 79.0 Å². The first-order valence-corrected chi connectivity index (χ1v) is 45.5. The molecule has 0 saturated heterocycles. The highest BCUT2D eigenvalue weighted by molar-refractivity contribution is 6.31. The smallest absolute Gasteiger partial charge is 0.0780 e. The standard InChI is InChI=1S/2C43H33N.C41H31N/c1-43(2,3)36-24-33-19-21-37-39(31-15-11-29(12-16-31)28-8-5-4-6-9-28)26-40(38-22-20-34(25-36)41(33)42(37)38)32-17-13-30(14-18-32)35-10-7-23-44-27-35;1-43(2,3)36-25-34-17-19-37-39(32-13-9-29(10-14-32)28-7-5-4-6-8-28)27-40(38-20-18-35(26-36)41(34)42(37)38)33-15-11-30(12-16-33)31-21-23-44-24-22-31;1-41(2,3)32-23-30-17-19-34-36(26-9-5-4-6-10-26)25-37(35-20-18-31(24-32)38(30)39(34)35)28-13-15-29(16-14-28)40-33-12-8-7-11-27(33)21-22-42-40/h2*4-27H,1-3H3;4-25H,1-3H3. The minimum atomic E-state index is 0.0806. The molecule has 21 aromatic carbocycles. The molecule has 0 aliphatic carbocycles. The average Bonchev–Trinajstić information content (AvgIpc) is 0.724. The van der Waals surface area contributed by atoms with Gasteiger partial charge in [-0.05, 0) is 289 Å². The van der Waals surface area contributed by atoms with E-state index < -0.39 is 0 Å². The van der Waals surface area contributed by atoms with Gasteiger partial charge >= 0.3 is 0 Å². The van der Waals surface area contributed by atoms with Crippen LogP contribution in [0.15, 0.2) is 425 Å². The molecule has 3 heterocycles. The van der Waals surface area contributed by atoms with Crippen molar-refractivity contribution in [3.05, 3.63) is 442 Å². The number of nitrogens with zero attached hydrogens (tertiary/aromatic N) is 3. The van der Waals surface area contributed by atoms with Gasteiger partial charge in [-0.1, -0.05) is 414 Å². The number of pyridine rings is 3. The van der Waals surface area contributed by atoms with Gasteiger partial charge in [0.1, 0.15) is 0 Å². The second kappa shape index (κ2) is 32.4. The Hall–Kier alpha value is -15.6. The molecule has 0 aliphatic heterocycles. The highest BCUT2D eigenvalue weighted by Crippen LogP contribution is 2.51. The van der Waals surface area contributed by atoms with E-state index in [1.807, 2.05) is 37.1 Å². The third-order valence-corrected chi connectivity index (χ3v) is 27.0. The van der Waals surface area contributed by atoms with Gasteiger partial charge in [0.25, 0.3) is 0 Å². The van der Waals surface area contributed by atoms with Crippen LogP contribution in [-0.2, 0) is 16.2 Å². The Morgan fingerprint density at radius 2 is 0.423 bits per heavy atom. The van der Waals surface area contributed by atoms with E-state index in [1.54, 1.807) is 0 Å². The predicted octanol–water partition coefficient (Wildman–Crippen LogP) is 35.3. The lowest BCUT2D eigenvalue weighted by molar-refractivity contribution is 0.591. The molecule has 3 heteroatoms. The zero-order chi connectivity index (χ0) is 88.1. The summed E-state index contributed by atoms with van der Waals surface area (Å²) in [4.78, 5) is 13.3. The molecule has 0 atom stereocenters. The van der Waals surface area contributed by atoms with E-state index in [4.69, 9.17) is 4.98 Å². The second-order valence-corrected chi connectivity index (χ2v) is 38.2. The predicted molar refractivity (Wildman–Crippen MR) is 557 cm³/mol. The molecule has 0 unspecified atom stereocenters. The molecular formula is C127H97N3. The summed E-state index contributed by atoms with van der Waals surface area (Å²) in [6, 6.07) is 145. The van der Waals surface area contributed by atoms with Crippen LogP contribution in [0.4, 0.5) is 0 Å². The largest absolute Gasteiger partial charge is 0.265 e. The Morgan fingerprint density at radius 3 is 0.738 bits per heavy atom. The van der Waals surface area contributed by atoms with Gasteiger partial charge in [0, 0.05) is 41.9 Å². The molecule has 0 aliphatic rings. The molecule has 0 radical (unpaired) electrons. The maximum Gasteiger partial charge on any atom is 0.0780 e. The van der Waals surface area contributed by atoms with Gasteiger partial charge in [0.2, 0.25) is 0 Å². The number of fused-ring (bicyclic) bond motifs is 1. The van der Waals surface area contributed by atoms with Crippen LogP contribution in [0.25, 0.3) is 230 Å². The number of benzene rings is 21. The third-order valence-electron chi connectivity index (χ3n) is 27.0. The Bertz CT molecular complexity index is 7680. The van der Waals surface area contributed by atoms with Crippen molar-refractivity contribution in [2.24, 2.45) is 0 Å². The van der Waals surface area contributed by atoms with Crippen LogP contribution < -0.4 is 0 Å². The van der Waals surface area contributed by atoms with Gasteiger partial charge in [-0.25, -0.2) is 0 Å². The Labute approximate surface area is 760 Å². The van der Waals surface area contributed by atoms with Gasteiger partial charge in [0.05, 0.1) is 5.69 Å². The summed E-state index contributed by atoms with van der Waals surface area (Å²) in [5, 5.41) is 26.1. The zero-order valence-corrected chi connectivity index (χ0v) is 74.8. The molecule has 0 bridgehead atoms. The first kappa shape index (κ1) is 80.3. The van der Waals surface area contributed by atoms with Gasteiger partial charge in [-0.15, -0.1) is 0 Å². The van der Waals surface area contributed by atoms with Crippen LogP contribution >= 0.6 is 0 Å². The molecule has 0 spiro atoms. The topological polar surface area (TPSA) is 38.7 Å². The van der Waals surface area contributed by atoms with Gasteiger partial charge < -0.3 is 0 Å². The molecule has 3 nitrogen and oxygen atoms in total. The molecule has 3 aromatic heterocycles. The van der Waals surface area contributed by atoms with Crippen LogP contribution in [0.2, 0.25) is 0 Å². The van der Waals surface area contributed by atoms with E-state index in [-0.39, 0.29) is 16.2 Å². The van der Waals surface area contributed by atoms with Crippen molar-refractivity contribution in [2.75, 3.05) is 0 Å². The van der Waals surface area contributed by atoms with Crippen molar-refractivity contribution in [1.82, 2.24) is 15.0 Å². The highest BCUT2D eigenvalue weighted by Gasteiger charge is 2.26. The third kappa shape index (κ3) is 14.8. The number of aromatic nitrogens is 3. The first-order valence-electron chi connectivity index (χ1n) is 45.5. The highest BCUT2D eigenvalue weighted by atomic mass is 14.7. The lowest BCUT2D eigenvalue weighted by Crippen LogP contribution is -2.10. The maximum absolute atomic E-state index is 4.76. The summed E-state index contributed by atoms with van der Waals surface area (Å²) in [6.45, 7) is 20.7. The Morgan fingerprint density at radius 1 is 0.162 bits per heavy atom.